The van der Waals surface area contributed by atoms with Crippen LogP contribution in [-0.2, 0) is 6.18 Å². The number of alkyl halides is 3. The summed E-state index contributed by atoms with van der Waals surface area (Å²) in [6.45, 7) is 0. The predicted molar refractivity (Wildman–Crippen MR) is 88.2 cm³/mol. The molecule has 6 nitrogen and oxygen atoms in total. The molecule has 0 radical (unpaired) electrons. The number of nitrogens with one attached hydrogen (secondary N) is 2. The average molecular weight is 363 g/mol. The number of aromatic hydroxyl groups is 1. The Morgan fingerprint density at radius 1 is 1.08 bits per heavy atom. The van der Waals surface area contributed by atoms with Crippen LogP contribution in [0, 0.1) is 0 Å². The van der Waals surface area contributed by atoms with Gasteiger partial charge in [0.15, 0.2) is 5.75 Å². The molecule has 1 aromatic heterocycles. The molecular formula is C17H12F3N3O3. The number of anilines is 2. The Hall–Kier alpha value is -3.33. The lowest BCUT2D eigenvalue weighted by atomic mass is 10.1. The molecule has 26 heavy (non-hydrogen) atoms. The molecule has 0 bridgehead atoms. The van der Waals surface area contributed by atoms with E-state index in [-0.39, 0.29) is 28.2 Å². The number of rotatable bonds is 3. The number of halogens is 3. The maximum atomic E-state index is 12.7. The van der Waals surface area contributed by atoms with Crippen molar-refractivity contribution < 1.29 is 28.3 Å². The lowest BCUT2D eigenvalue weighted by Gasteiger charge is -2.14. The Kier molecular flexibility index (Phi) is 4.39. The van der Waals surface area contributed by atoms with Crippen molar-refractivity contribution in [3.8, 4) is 5.75 Å². The molecule has 0 aliphatic heterocycles. The number of hydrogen-bond acceptors (Lipinski definition) is 5. The second-order valence-electron chi connectivity index (χ2n) is 5.36. The van der Waals surface area contributed by atoms with Crippen molar-refractivity contribution in [2.75, 3.05) is 10.8 Å². The van der Waals surface area contributed by atoms with E-state index in [4.69, 9.17) is 5.21 Å². The Morgan fingerprint density at radius 3 is 2.54 bits per heavy atom. The minimum atomic E-state index is -4.60. The van der Waals surface area contributed by atoms with E-state index in [1.165, 1.54) is 12.3 Å². The summed E-state index contributed by atoms with van der Waals surface area (Å²) >= 11 is 0. The third kappa shape index (κ3) is 3.24. The summed E-state index contributed by atoms with van der Waals surface area (Å²) in [7, 11) is 0. The lowest BCUT2D eigenvalue weighted by molar-refractivity contribution is -0.137. The van der Waals surface area contributed by atoms with Crippen LogP contribution in [-0.4, -0.2) is 21.2 Å². The second-order valence-corrected chi connectivity index (χ2v) is 5.36. The van der Waals surface area contributed by atoms with Crippen molar-refractivity contribution in [2.24, 2.45) is 0 Å². The molecule has 4 N–H and O–H groups in total. The molecule has 0 atom stereocenters. The van der Waals surface area contributed by atoms with E-state index in [2.05, 4.69) is 10.3 Å². The molecule has 0 saturated carbocycles. The third-order valence-electron chi connectivity index (χ3n) is 3.71. The summed E-state index contributed by atoms with van der Waals surface area (Å²) < 4.78 is 38.2. The second kappa shape index (κ2) is 6.52. The van der Waals surface area contributed by atoms with E-state index in [9.17, 15) is 23.1 Å². The number of nitrogens with zero attached hydrogens (tertiary/aromatic N) is 1. The standard InChI is InChI=1S/C17H12F3N3O3/c18-17(19,20)10-4-6-12(13(8-10)23-26)22-16(25)11-5-3-9-2-1-7-21-14(9)15(11)24/h1-8,23-24,26H,(H,22,25). The molecule has 3 rings (SSSR count). The highest BCUT2D eigenvalue weighted by Crippen LogP contribution is 2.34. The average Bonchev–Trinajstić information content (AvgIpc) is 2.61. The van der Waals surface area contributed by atoms with Crippen LogP contribution in [0.25, 0.3) is 10.9 Å². The maximum absolute atomic E-state index is 12.7. The number of benzene rings is 2. The predicted octanol–water partition coefficient (Wildman–Crippen LogP) is 4.01. The van der Waals surface area contributed by atoms with Crippen LogP contribution in [0.5, 0.6) is 5.75 Å². The number of amides is 1. The van der Waals surface area contributed by atoms with Gasteiger partial charge in [-0.1, -0.05) is 12.1 Å². The van der Waals surface area contributed by atoms with Gasteiger partial charge in [0, 0.05) is 11.6 Å². The lowest BCUT2D eigenvalue weighted by Crippen LogP contribution is -2.14. The molecule has 134 valence electrons. The summed E-state index contributed by atoms with van der Waals surface area (Å²) in [6, 6.07) is 8.72. The van der Waals surface area contributed by atoms with Crippen molar-refractivity contribution in [2.45, 2.75) is 6.18 Å². The van der Waals surface area contributed by atoms with Crippen molar-refractivity contribution in [3.63, 3.8) is 0 Å². The van der Waals surface area contributed by atoms with Gasteiger partial charge in [0.05, 0.1) is 22.5 Å². The molecule has 2 aromatic carbocycles. The van der Waals surface area contributed by atoms with E-state index >= 15 is 0 Å². The number of aromatic nitrogens is 1. The van der Waals surface area contributed by atoms with E-state index in [0.717, 1.165) is 12.1 Å². The number of hydrogen-bond donors (Lipinski definition) is 4. The largest absolute Gasteiger partial charge is 0.505 e. The summed E-state index contributed by atoms with van der Waals surface area (Å²) in [5.74, 6) is -1.13. The van der Waals surface area contributed by atoms with E-state index < -0.39 is 17.6 Å². The molecule has 1 amide bonds. The Morgan fingerprint density at radius 2 is 1.85 bits per heavy atom. The minimum absolute atomic E-state index is 0.0917. The Labute approximate surface area is 144 Å². The fraction of sp³-hybridized carbons (Fsp3) is 0.0588. The van der Waals surface area contributed by atoms with Gasteiger partial charge in [-0.2, -0.15) is 13.2 Å². The zero-order chi connectivity index (χ0) is 18.9. The van der Waals surface area contributed by atoms with E-state index in [1.807, 2.05) is 0 Å². The normalized spacial score (nSPS) is 11.4. The number of phenolic OH excluding ortho intramolecular Hbond substituents is 1. The Balaban J connectivity index is 1.94. The molecule has 1 heterocycles. The van der Waals surface area contributed by atoms with Gasteiger partial charge in [0.25, 0.3) is 5.91 Å². The molecule has 0 fully saturated rings. The van der Waals surface area contributed by atoms with Gasteiger partial charge in [-0.25, -0.2) is 0 Å². The summed E-state index contributed by atoms with van der Waals surface area (Å²) in [6.07, 6.45) is -3.15. The van der Waals surface area contributed by atoms with Crippen LogP contribution in [0.4, 0.5) is 24.5 Å². The SMILES string of the molecule is O=C(Nc1ccc(C(F)(F)F)cc1NO)c1ccc2cccnc2c1O. The van der Waals surface area contributed by atoms with Crippen LogP contribution in [0.15, 0.2) is 48.7 Å². The van der Waals surface area contributed by atoms with Gasteiger partial charge in [0.1, 0.15) is 5.52 Å². The quantitative estimate of drug-likeness (QED) is 0.528. The number of carbonyl (C=O) groups excluding carboxylic acids is 1. The van der Waals surface area contributed by atoms with Gasteiger partial charge >= 0.3 is 6.18 Å². The van der Waals surface area contributed by atoms with Crippen LogP contribution < -0.4 is 10.8 Å². The first-order chi connectivity index (χ1) is 12.3. The van der Waals surface area contributed by atoms with E-state index in [1.54, 1.807) is 23.7 Å². The van der Waals surface area contributed by atoms with Gasteiger partial charge in [-0.05, 0) is 30.3 Å². The summed E-state index contributed by atoms with van der Waals surface area (Å²) in [5, 5.41) is 22.3. The zero-order valence-electron chi connectivity index (χ0n) is 13.0. The monoisotopic (exact) mass is 363 g/mol. The van der Waals surface area contributed by atoms with Crippen LogP contribution in [0.2, 0.25) is 0 Å². The molecule has 9 heteroatoms. The molecule has 0 saturated heterocycles. The smallest absolute Gasteiger partial charge is 0.416 e. The van der Waals surface area contributed by atoms with E-state index in [0.29, 0.717) is 11.5 Å². The highest BCUT2D eigenvalue weighted by atomic mass is 19.4. The molecule has 0 aliphatic rings. The molecular weight excluding hydrogens is 351 g/mol. The van der Waals surface area contributed by atoms with Crippen molar-refractivity contribution in [3.05, 3.63) is 59.8 Å². The summed E-state index contributed by atoms with van der Waals surface area (Å²) in [4.78, 5) is 16.4. The third-order valence-corrected chi connectivity index (χ3v) is 3.71. The number of carbonyl (C=O) groups is 1. The topological polar surface area (TPSA) is 94.5 Å². The minimum Gasteiger partial charge on any atom is -0.505 e. The first-order valence-corrected chi connectivity index (χ1v) is 7.30. The summed E-state index contributed by atoms with van der Waals surface area (Å²) in [5.41, 5.74) is 0.296. The van der Waals surface area contributed by atoms with Crippen molar-refractivity contribution in [1.82, 2.24) is 4.98 Å². The highest BCUT2D eigenvalue weighted by Gasteiger charge is 2.31. The fourth-order valence-corrected chi connectivity index (χ4v) is 2.42. The zero-order valence-corrected chi connectivity index (χ0v) is 13.0. The molecule has 0 spiro atoms. The van der Waals surface area contributed by atoms with Crippen LogP contribution in [0.3, 0.4) is 0 Å². The molecule has 0 aliphatic carbocycles. The fourth-order valence-electron chi connectivity index (χ4n) is 2.42. The Bertz CT molecular complexity index is 990. The van der Waals surface area contributed by atoms with Gasteiger partial charge in [-0.15, -0.1) is 0 Å². The first-order valence-electron chi connectivity index (χ1n) is 7.30. The van der Waals surface area contributed by atoms with Crippen LogP contribution in [0.1, 0.15) is 15.9 Å². The number of phenols is 1. The van der Waals surface area contributed by atoms with Gasteiger partial charge in [-0.3, -0.25) is 20.5 Å². The van der Waals surface area contributed by atoms with Gasteiger partial charge < -0.3 is 10.4 Å². The number of pyridine rings is 1. The molecule has 3 aromatic rings. The van der Waals surface area contributed by atoms with Crippen LogP contribution >= 0.6 is 0 Å². The number of fused-ring (bicyclic) bond motifs is 1. The first kappa shape index (κ1) is 17.5. The maximum Gasteiger partial charge on any atom is 0.416 e. The highest BCUT2D eigenvalue weighted by molar-refractivity contribution is 6.10. The van der Waals surface area contributed by atoms with Crippen molar-refractivity contribution >= 4 is 28.2 Å². The van der Waals surface area contributed by atoms with Crippen molar-refractivity contribution in [1.29, 1.82) is 0 Å². The van der Waals surface area contributed by atoms with Gasteiger partial charge in [0.2, 0.25) is 0 Å². The molecule has 0 unspecified atom stereocenters.